The third kappa shape index (κ3) is 4.06. The Balaban J connectivity index is 1.52. The number of aliphatic carboxylic acids is 1. The number of rotatable bonds is 8. The van der Waals surface area contributed by atoms with Gasteiger partial charge in [0.15, 0.2) is 33.2 Å². The number of carboxylic acid groups (broad SMARTS) is 1. The van der Waals surface area contributed by atoms with Crippen LogP contribution in [-0.4, -0.2) is 81.7 Å². The first kappa shape index (κ1) is 24.6. The zero-order valence-corrected chi connectivity index (χ0v) is 18.9. The number of carboxylic acids is 1. The van der Waals surface area contributed by atoms with Gasteiger partial charge in [0, 0.05) is 18.5 Å². The number of carbonyl (C=O) groups excluding carboxylic acids is 3. The number of amides is 2. The Labute approximate surface area is 193 Å². The number of aromatic hydroxyl groups is 2. The van der Waals surface area contributed by atoms with E-state index in [0.29, 0.717) is 0 Å². The van der Waals surface area contributed by atoms with Gasteiger partial charge in [-0.25, -0.2) is 18.0 Å². The molecule has 12 nitrogen and oxygen atoms in total. The molecule has 180 valence electrons. The number of nitrogens with zero attached hydrogens (tertiary/aromatic N) is 1. The molecule has 0 unspecified atom stereocenters. The van der Waals surface area contributed by atoms with Crippen LogP contribution in [0.15, 0.2) is 12.1 Å². The summed E-state index contributed by atoms with van der Waals surface area (Å²) in [5.41, 5.74) is -0.00667. The Morgan fingerprint density at radius 2 is 1.97 bits per heavy atom. The average Bonchev–Trinajstić information content (AvgIpc) is 2.88. The molecule has 2 aliphatic heterocycles. The molecule has 1 aromatic carbocycles. The number of phenols is 2. The van der Waals surface area contributed by atoms with Gasteiger partial charge in [0.25, 0.3) is 0 Å². The molecule has 4 N–H and O–H groups in total. The van der Waals surface area contributed by atoms with Crippen LogP contribution in [-0.2, 0) is 24.2 Å². The first-order valence-electron chi connectivity index (χ1n) is 9.74. The summed E-state index contributed by atoms with van der Waals surface area (Å²) in [7, 11) is -4.10. The molecule has 0 bridgehead atoms. The second-order valence-electron chi connectivity index (χ2n) is 7.88. The van der Waals surface area contributed by atoms with Crippen LogP contribution in [0.2, 0.25) is 5.02 Å². The smallest absolute Gasteiger partial charge is 0.407 e. The van der Waals surface area contributed by atoms with Crippen LogP contribution >= 0.6 is 11.6 Å². The van der Waals surface area contributed by atoms with Crippen LogP contribution in [0.25, 0.3) is 0 Å². The first-order valence-corrected chi connectivity index (χ1v) is 11.7. The number of β-lactam (4-membered cyclic amide) rings is 1. The molecule has 14 heteroatoms. The number of carbonyl (C=O) groups is 4. The van der Waals surface area contributed by atoms with Crippen molar-refractivity contribution in [1.82, 2.24) is 10.2 Å². The number of Topliss-reactive ketones (excluding diaryl/α,β-unsaturated/α-hetero) is 1. The third-order valence-corrected chi connectivity index (χ3v) is 8.92. The Hall–Kier alpha value is -3.06. The molecule has 3 rings (SSSR count). The normalized spacial score (nSPS) is 25.2. The topological polar surface area (TPSA) is 188 Å². The van der Waals surface area contributed by atoms with E-state index in [1.807, 2.05) is 0 Å². The van der Waals surface area contributed by atoms with Crippen LogP contribution < -0.4 is 5.32 Å². The van der Waals surface area contributed by atoms with Gasteiger partial charge in [-0.05, 0) is 25.5 Å². The van der Waals surface area contributed by atoms with Crippen molar-refractivity contribution in [3.63, 3.8) is 0 Å². The second kappa shape index (κ2) is 8.71. The van der Waals surface area contributed by atoms with Gasteiger partial charge in [-0.2, -0.15) is 0 Å². The molecule has 2 heterocycles. The number of sulfone groups is 1. The predicted octanol–water partition coefficient (Wildman–Crippen LogP) is 0.639. The summed E-state index contributed by atoms with van der Waals surface area (Å²) in [5, 5.41) is 29.2. The van der Waals surface area contributed by atoms with E-state index >= 15 is 0 Å². The average molecular weight is 505 g/mol. The number of hydrogen-bond donors (Lipinski definition) is 4. The van der Waals surface area contributed by atoms with Gasteiger partial charge in [0.1, 0.15) is 16.7 Å². The lowest BCUT2D eigenvalue weighted by atomic mass is 9.97. The summed E-state index contributed by atoms with van der Waals surface area (Å²) in [6.07, 6.45) is -1.27. The highest BCUT2D eigenvalue weighted by molar-refractivity contribution is 7.94. The highest BCUT2D eigenvalue weighted by Gasteiger charge is 2.70. The summed E-state index contributed by atoms with van der Waals surface area (Å²) in [6, 6.07) is 0.685. The lowest BCUT2D eigenvalue weighted by molar-refractivity contribution is -0.158. The van der Waals surface area contributed by atoms with Gasteiger partial charge in [0.05, 0.1) is 11.4 Å². The Bertz CT molecular complexity index is 1140. The van der Waals surface area contributed by atoms with Crippen LogP contribution in [0.1, 0.15) is 36.5 Å². The Morgan fingerprint density at radius 1 is 1.30 bits per heavy atom. The third-order valence-electron chi connectivity index (χ3n) is 5.78. The van der Waals surface area contributed by atoms with Gasteiger partial charge < -0.3 is 30.3 Å². The van der Waals surface area contributed by atoms with E-state index in [1.165, 1.54) is 6.07 Å². The molecule has 0 radical (unpaired) electrons. The van der Waals surface area contributed by atoms with E-state index in [2.05, 4.69) is 5.32 Å². The van der Waals surface area contributed by atoms with Crippen LogP contribution in [0.3, 0.4) is 0 Å². The lowest BCUT2D eigenvalue weighted by Crippen LogP contribution is -2.58. The van der Waals surface area contributed by atoms with E-state index in [0.717, 1.165) is 17.9 Å². The number of ketones is 1. The van der Waals surface area contributed by atoms with Crippen molar-refractivity contribution in [2.24, 2.45) is 0 Å². The van der Waals surface area contributed by atoms with Crippen molar-refractivity contribution in [1.29, 1.82) is 0 Å². The molecule has 0 aromatic heterocycles. The standard InChI is InChI=1S/C19H21ClN2O10S/c1-19(16(17(27)28)22-12(25)7-13(22)33(19,30)31)8-32-18(29)21-6-2-3-10(23)9-4-5-11(24)15(26)14(9)20/h4-5,13,16,24,26H,2-3,6-8H2,1H3,(H,21,29)(H,27,28)/t13-,16+,19+/m1/s1. The molecule has 0 saturated carbocycles. The predicted molar refractivity (Wildman–Crippen MR) is 112 cm³/mol. The molecule has 1 aromatic rings. The zero-order chi connectivity index (χ0) is 24.7. The minimum absolute atomic E-state index is 0.00667. The van der Waals surface area contributed by atoms with Crippen LogP contribution in [0.4, 0.5) is 4.79 Å². The number of alkyl carbamates (subject to hydrolysis) is 1. The monoisotopic (exact) mass is 504 g/mol. The number of phenolic OH excluding ortho intramolecular Hbond substituents is 2. The maximum atomic E-state index is 12.7. The molecule has 2 amide bonds. The minimum Gasteiger partial charge on any atom is -0.504 e. The fourth-order valence-corrected chi connectivity index (χ4v) is 6.41. The Kier molecular flexibility index (Phi) is 6.48. The van der Waals surface area contributed by atoms with Gasteiger partial charge in [-0.15, -0.1) is 0 Å². The maximum absolute atomic E-state index is 12.7. The molecule has 0 spiro atoms. The van der Waals surface area contributed by atoms with Crippen molar-refractivity contribution in [2.75, 3.05) is 13.2 Å². The van der Waals surface area contributed by atoms with Gasteiger partial charge >= 0.3 is 12.1 Å². The summed E-state index contributed by atoms with van der Waals surface area (Å²) >= 11 is 5.83. The molecule has 33 heavy (non-hydrogen) atoms. The summed E-state index contributed by atoms with van der Waals surface area (Å²) < 4.78 is 28.4. The molecular weight excluding hydrogens is 484 g/mol. The van der Waals surface area contributed by atoms with Crippen molar-refractivity contribution in [3.8, 4) is 11.5 Å². The molecule has 2 fully saturated rings. The first-order chi connectivity index (χ1) is 15.3. The van der Waals surface area contributed by atoms with E-state index in [4.69, 9.17) is 16.3 Å². The number of nitrogens with one attached hydrogen (secondary N) is 1. The molecular formula is C19H21ClN2O10S. The van der Waals surface area contributed by atoms with Gasteiger partial charge in [-0.1, -0.05) is 11.6 Å². The van der Waals surface area contributed by atoms with E-state index in [-0.39, 0.29) is 36.4 Å². The highest BCUT2D eigenvalue weighted by Crippen LogP contribution is 2.46. The van der Waals surface area contributed by atoms with Crippen LogP contribution in [0, 0.1) is 0 Å². The number of halogens is 1. The quantitative estimate of drug-likeness (QED) is 0.169. The van der Waals surface area contributed by atoms with Gasteiger partial charge in [0.2, 0.25) is 5.91 Å². The van der Waals surface area contributed by atoms with Crippen molar-refractivity contribution >= 4 is 45.2 Å². The fraction of sp³-hybridized carbons (Fsp3) is 0.474. The van der Waals surface area contributed by atoms with Crippen molar-refractivity contribution in [2.45, 2.75) is 42.3 Å². The zero-order valence-electron chi connectivity index (χ0n) is 17.3. The summed E-state index contributed by atoms with van der Waals surface area (Å²) in [6.45, 7) is 0.306. The SMILES string of the molecule is C[C@]1(COC(=O)NCCCC(=O)c2ccc(O)c(O)c2Cl)[C@H](C(=O)O)N2C(=O)C[C@H]2S1(=O)=O. The van der Waals surface area contributed by atoms with E-state index < -0.39 is 67.9 Å². The minimum atomic E-state index is -4.10. The highest BCUT2D eigenvalue weighted by atomic mass is 35.5. The van der Waals surface area contributed by atoms with Crippen molar-refractivity contribution < 1.29 is 47.7 Å². The van der Waals surface area contributed by atoms with E-state index in [9.17, 15) is 42.9 Å². The summed E-state index contributed by atoms with van der Waals surface area (Å²) in [4.78, 5) is 48.4. The number of fused-ring (bicyclic) bond motifs is 1. The second-order valence-corrected chi connectivity index (χ2v) is 10.8. The molecule has 2 saturated heterocycles. The molecule has 3 atom stereocenters. The number of ether oxygens (including phenoxy) is 1. The number of benzene rings is 1. The maximum Gasteiger partial charge on any atom is 0.407 e. The largest absolute Gasteiger partial charge is 0.504 e. The lowest BCUT2D eigenvalue weighted by Gasteiger charge is -2.35. The van der Waals surface area contributed by atoms with E-state index in [1.54, 1.807) is 0 Å². The number of hydrogen-bond acceptors (Lipinski definition) is 9. The fourth-order valence-electron chi connectivity index (χ4n) is 3.88. The summed E-state index contributed by atoms with van der Waals surface area (Å²) in [5.74, 6) is -3.66. The van der Waals surface area contributed by atoms with Crippen molar-refractivity contribution in [3.05, 3.63) is 22.7 Å². The molecule has 0 aliphatic carbocycles. The Morgan fingerprint density at radius 3 is 2.58 bits per heavy atom. The van der Waals surface area contributed by atoms with Gasteiger partial charge in [-0.3, -0.25) is 9.59 Å². The van der Waals surface area contributed by atoms with Crippen LogP contribution in [0.5, 0.6) is 11.5 Å². The molecule has 2 aliphatic rings.